The van der Waals surface area contributed by atoms with Gasteiger partial charge in [-0.25, -0.2) is 0 Å². The summed E-state index contributed by atoms with van der Waals surface area (Å²) >= 11 is 0. The van der Waals surface area contributed by atoms with E-state index in [1.165, 1.54) is 28.4 Å². The van der Waals surface area contributed by atoms with Crippen LogP contribution in [0.25, 0.3) is 0 Å². The van der Waals surface area contributed by atoms with Crippen molar-refractivity contribution in [3.63, 3.8) is 0 Å². The third-order valence-electron chi connectivity index (χ3n) is 5.46. The largest absolute Gasteiger partial charge is 0.494 e. The van der Waals surface area contributed by atoms with Crippen molar-refractivity contribution in [1.82, 2.24) is 0 Å². The fourth-order valence-corrected chi connectivity index (χ4v) is 6.69. The van der Waals surface area contributed by atoms with Crippen LogP contribution in [0, 0.1) is 0 Å². The van der Waals surface area contributed by atoms with E-state index in [0.29, 0.717) is 46.4 Å². The van der Waals surface area contributed by atoms with Crippen LogP contribution in [-0.2, 0) is 32.6 Å². The minimum Gasteiger partial charge on any atom is -0.494 e. The van der Waals surface area contributed by atoms with Gasteiger partial charge in [-0.05, 0) is 49.2 Å². The van der Waals surface area contributed by atoms with Crippen molar-refractivity contribution in [3.8, 4) is 11.5 Å². The van der Waals surface area contributed by atoms with Crippen molar-refractivity contribution < 1.29 is 36.7 Å². The molecule has 0 N–H and O–H groups in total. The highest BCUT2D eigenvalue weighted by atomic mass is 31.2. The summed E-state index contributed by atoms with van der Waals surface area (Å²) < 4.78 is 59.6. The monoisotopic (exact) mass is 500 g/mol. The lowest BCUT2D eigenvalue weighted by molar-refractivity contribution is 0.286. The first-order chi connectivity index (χ1) is 15.6. The molecule has 0 aliphatic carbocycles. The van der Waals surface area contributed by atoms with E-state index in [-0.39, 0.29) is 0 Å². The van der Waals surface area contributed by atoms with Crippen LogP contribution in [0.3, 0.4) is 0 Å². The summed E-state index contributed by atoms with van der Waals surface area (Å²) in [6, 6.07) is 10.5. The first kappa shape index (κ1) is 27.6. The Morgan fingerprint density at radius 3 is 1.27 bits per heavy atom. The van der Waals surface area contributed by atoms with E-state index in [4.69, 9.17) is 27.6 Å². The van der Waals surface area contributed by atoms with E-state index >= 15 is 0 Å². The molecule has 2 aromatic rings. The van der Waals surface area contributed by atoms with Gasteiger partial charge in [-0.2, -0.15) is 0 Å². The molecule has 10 heteroatoms. The Labute approximate surface area is 196 Å². The summed E-state index contributed by atoms with van der Waals surface area (Å²) in [7, 11) is -1.99. The zero-order chi connectivity index (χ0) is 24.9. The Morgan fingerprint density at radius 2 is 1.00 bits per heavy atom. The second-order valence-corrected chi connectivity index (χ2v) is 12.0. The fraction of sp³-hybridized carbons (Fsp3) is 0.478. The van der Waals surface area contributed by atoms with Crippen molar-refractivity contribution >= 4 is 25.8 Å². The zero-order valence-corrected chi connectivity index (χ0v) is 22.3. The van der Waals surface area contributed by atoms with Crippen molar-refractivity contribution in [2.24, 2.45) is 0 Å². The van der Waals surface area contributed by atoms with Gasteiger partial charge in [0.05, 0.1) is 23.8 Å². The highest BCUT2D eigenvalue weighted by Gasteiger charge is 2.40. The molecule has 2 rings (SSSR count). The molecule has 0 heterocycles. The van der Waals surface area contributed by atoms with Crippen molar-refractivity contribution in [2.45, 2.75) is 33.1 Å². The van der Waals surface area contributed by atoms with Crippen molar-refractivity contribution in [1.29, 1.82) is 0 Å². The Morgan fingerprint density at radius 1 is 0.667 bits per heavy atom. The Hall–Kier alpha value is -1.66. The molecule has 0 fully saturated rings. The molecule has 8 nitrogen and oxygen atoms in total. The molecule has 0 bridgehead atoms. The second kappa shape index (κ2) is 11.2. The molecule has 0 aromatic heterocycles. The van der Waals surface area contributed by atoms with Crippen LogP contribution in [-0.4, -0.2) is 41.7 Å². The smallest absolute Gasteiger partial charge is 0.361 e. The van der Waals surface area contributed by atoms with Crippen LogP contribution in [0.1, 0.15) is 38.8 Å². The number of ether oxygens (including phenoxy) is 2. The van der Waals surface area contributed by atoms with Gasteiger partial charge in [0, 0.05) is 33.9 Å². The van der Waals surface area contributed by atoms with Gasteiger partial charge in [0.15, 0.2) is 0 Å². The molecule has 184 valence electrons. The topological polar surface area (TPSA) is 89.5 Å². The summed E-state index contributed by atoms with van der Waals surface area (Å²) in [5.74, 6) is 1.07. The molecular weight excluding hydrogens is 466 g/mol. The fourth-order valence-electron chi connectivity index (χ4n) is 3.73. The average Bonchev–Trinajstić information content (AvgIpc) is 2.83. The Bertz CT molecular complexity index is 953. The van der Waals surface area contributed by atoms with Crippen LogP contribution in [0.5, 0.6) is 11.5 Å². The maximum atomic E-state index is 13.5. The predicted octanol–water partition coefficient (Wildman–Crippen LogP) is 5.03. The van der Waals surface area contributed by atoms with Crippen LogP contribution in [0.15, 0.2) is 36.4 Å². The summed E-state index contributed by atoms with van der Waals surface area (Å²) in [5.41, 5.74) is 0.490. The van der Waals surface area contributed by atoms with E-state index in [1.54, 1.807) is 24.3 Å². The Kier molecular flexibility index (Phi) is 9.34. The van der Waals surface area contributed by atoms with Gasteiger partial charge >= 0.3 is 15.2 Å². The zero-order valence-electron chi connectivity index (χ0n) is 20.5. The molecule has 0 unspecified atom stereocenters. The van der Waals surface area contributed by atoms with Gasteiger partial charge < -0.3 is 27.6 Å². The quantitative estimate of drug-likeness (QED) is 0.375. The van der Waals surface area contributed by atoms with E-state index < -0.39 is 20.6 Å². The number of rotatable bonds is 12. The standard InChI is InChI=1S/C23H34O8P2/c1-9-30-17-11-13-19(21(15-17)32(24,26-5)27-6)23(3,4)20-14-12-18(31-10-2)16-22(20)33(25,28-7)29-8/h11-16H,9-10H2,1-8H3. The lowest BCUT2D eigenvalue weighted by Gasteiger charge is -2.33. The van der Waals surface area contributed by atoms with Crippen LogP contribution in [0.2, 0.25) is 0 Å². The lowest BCUT2D eigenvalue weighted by atomic mass is 9.78. The summed E-state index contributed by atoms with van der Waals surface area (Å²) in [5, 5.41) is 0.709. The van der Waals surface area contributed by atoms with E-state index in [0.717, 1.165) is 0 Å². The highest BCUT2D eigenvalue weighted by molar-refractivity contribution is 7.62. The van der Waals surface area contributed by atoms with E-state index in [2.05, 4.69) is 0 Å². The maximum Gasteiger partial charge on any atom is 0.361 e. The number of hydrogen-bond donors (Lipinski definition) is 0. The SMILES string of the molecule is CCOc1ccc(C(C)(C)c2ccc(OCC)cc2P(=O)(OC)OC)c(P(=O)(OC)OC)c1. The van der Waals surface area contributed by atoms with Gasteiger partial charge in [-0.1, -0.05) is 26.0 Å². The number of hydrogen-bond acceptors (Lipinski definition) is 8. The van der Waals surface area contributed by atoms with E-state index in [1.807, 2.05) is 39.8 Å². The third-order valence-corrected chi connectivity index (χ3v) is 9.30. The molecule has 2 aromatic carbocycles. The summed E-state index contributed by atoms with van der Waals surface area (Å²) in [6.45, 7) is 8.47. The van der Waals surface area contributed by atoms with E-state index in [9.17, 15) is 9.13 Å². The molecule has 0 aliphatic rings. The normalized spacial score (nSPS) is 12.6. The van der Waals surface area contributed by atoms with Crippen molar-refractivity contribution in [3.05, 3.63) is 47.5 Å². The van der Waals surface area contributed by atoms with Gasteiger partial charge in [0.25, 0.3) is 0 Å². The molecule has 0 spiro atoms. The van der Waals surface area contributed by atoms with Crippen LogP contribution in [0.4, 0.5) is 0 Å². The molecule has 0 saturated carbocycles. The molecule has 0 radical (unpaired) electrons. The molecule has 0 aliphatic heterocycles. The molecule has 0 saturated heterocycles. The third kappa shape index (κ3) is 5.54. The van der Waals surface area contributed by atoms with Crippen molar-refractivity contribution in [2.75, 3.05) is 41.7 Å². The molecule has 33 heavy (non-hydrogen) atoms. The average molecular weight is 500 g/mol. The summed E-state index contributed by atoms with van der Waals surface area (Å²) in [6.07, 6.45) is 0. The molecule has 0 atom stereocenters. The van der Waals surface area contributed by atoms with Crippen LogP contribution < -0.4 is 20.1 Å². The Balaban J connectivity index is 2.86. The van der Waals surface area contributed by atoms with Gasteiger partial charge in [-0.3, -0.25) is 9.13 Å². The van der Waals surface area contributed by atoms with Gasteiger partial charge in [-0.15, -0.1) is 0 Å². The first-order valence-electron chi connectivity index (χ1n) is 10.6. The summed E-state index contributed by atoms with van der Waals surface area (Å²) in [4.78, 5) is 0. The van der Waals surface area contributed by atoms with Crippen LogP contribution >= 0.6 is 15.2 Å². The lowest BCUT2D eigenvalue weighted by Crippen LogP contribution is -2.33. The van der Waals surface area contributed by atoms with Gasteiger partial charge in [0.1, 0.15) is 11.5 Å². The maximum absolute atomic E-state index is 13.5. The van der Waals surface area contributed by atoms with Gasteiger partial charge in [0.2, 0.25) is 0 Å². The minimum absolute atomic E-state index is 0.355. The predicted molar refractivity (Wildman–Crippen MR) is 130 cm³/mol. The molecular formula is C23H34O8P2. The molecule has 0 amide bonds. The highest BCUT2D eigenvalue weighted by Crippen LogP contribution is 2.52. The minimum atomic E-state index is -3.66. The first-order valence-corrected chi connectivity index (χ1v) is 13.6. The second-order valence-electron chi connectivity index (χ2n) is 7.57. The number of benzene rings is 2.